The van der Waals surface area contributed by atoms with E-state index in [9.17, 15) is 4.79 Å². The smallest absolute Gasteiger partial charge is 0.414 e. The summed E-state index contributed by atoms with van der Waals surface area (Å²) in [6.45, 7) is 3.84. The van der Waals surface area contributed by atoms with Crippen LogP contribution in [-0.4, -0.2) is 77.2 Å². The van der Waals surface area contributed by atoms with Crippen molar-refractivity contribution in [1.82, 2.24) is 9.80 Å². The van der Waals surface area contributed by atoms with Gasteiger partial charge in [0.15, 0.2) is 0 Å². The van der Waals surface area contributed by atoms with Gasteiger partial charge in [-0.15, -0.1) is 0 Å². The molecule has 32 heavy (non-hydrogen) atoms. The van der Waals surface area contributed by atoms with Crippen molar-refractivity contribution in [2.24, 2.45) is 23.7 Å². The number of carboxylic acid groups (broad SMARTS) is 2. The summed E-state index contributed by atoms with van der Waals surface area (Å²) >= 11 is 0. The van der Waals surface area contributed by atoms with Crippen LogP contribution in [0.3, 0.4) is 0 Å². The molecule has 0 radical (unpaired) electrons. The highest BCUT2D eigenvalue weighted by Crippen LogP contribution is 2.55. The van der Waals surface area contributed by atoms with Crippen LogP contribution in [0.4, 0.5) is 0 Å². The Bertz CT molecular complexity index is 807. The fourth-order valence-electron chi connectivity index (χ4n) is 6.63. The van der Waals surface area contributed by atoms with Gasteiger partial charge in [-0.1, -0.05) is 0 Å². The van der Waals surface area contributed by atoms with Gasteiger partial charge >= 0.3 is 11.9 Å². The summed E-state index contributed by atoms with van der Waals surface area (Å²) in [4.78, 5) is 35.8. The second kappa shape index (κ2) is 9.48. The van der Waals surface area contributed by atoms with Crippen molar-refractivity contribution in [3.05, 3.63) is 29.8 Å². The van der Waals surface area contributed by atoms with E-state index < -0.39 is 11.9 Å². The Morgan fingerprint density at radius 3 is 1.75 bits per heavy atom. The first-order valence-electron chi connectivity index (χ1n) is 11.5. The van der Waals surface area contributed by atoms with Crippen LogP contribution in [0.5, 0.6) is 5.75 Å². The standard InChI is InChI=1S/C22H30N2O2.C2H2O4/c1-26-20-4-2-17(3-5-20)22(25)24-8-6-23(7-9-24)21-18-11-15-10-16(13-18)14-19(21)12-15;3-1(4)2(5)6/h2-5,15-16,18-19,21H,6-14H2,1H3;(H,3,4)(H,5,6). The topological polar surface area (TPSA) is 107 Å². The molecule has 4 saturated carbocycles. The largest absolute Gasteiger partial charge is 0.497 e. The minimum Gasteiger partial charge on any atom is -0.497 e. The zero-order valence-electron chi connectivity index (χ0n) is 18.5. The first-order valence-corrected chi connectivity index (χ1v) is 11.5. The van der Waals surface area contributed by atoms with E-state index in [1.54, 1.807) is 7.11 Å². The van der Waals surface area contributed by atoms with E-state index in [1.165, 1.54) is 32.1 Å². The number of hydrogen-bond donors (Lipinski definition) is 2. The fourth-order valence-corrected chi connectivity index (χ4v) is 6.63. The van der Waals surface area contributed by atoms with Crippen molar-refractivity contribution < 1.29 is 29.3 Å². The van der Waals surface area contributed by atoms with Crippen LogP contribution < -0.4 is 4.74 Å². The molecule has 8 heteroatoms. The molecule has 4 bridgehead atoms. The van der Waals surface area contributed by atoms with Gasteiger partial charge in [0.25, 0.3) is 5.91 Å². The van der Waals surface area contributed by atoms with E-state index in [2.05, 4.69) is 4.90 Å². The second-order valence-electron chi connectivity index (χ2n) is 9.59. The van der Waals surface area contributed by atoms with Crippen LogP contribution >= 0.6 is 0 Å². The molecule has 1 saturated heterocycles. The van der Waals surface area contributed by atoms with Gasteiger partial charge in [0.05, 0.1) is 7.11 Å². The molecular formula is C24H32N2O6. The molecule has 4 aliphatic carbocycles. The summed E-state index contributed by atoms with van der Waals surface area (Å²) in [6.07, 6.45) is 7.42. The zero-order valence-corrected chi connectivity index (χ0v) is 18.5. The third-order valence-electron chi connectivity index (χ3n) is 7.72. The maximum absolute atomic E-state index is 12.8. The molecule has 0 unspecified atom stereocenters. The van der Waals surface area contributed by atoms with Crippen molar-refractivity contribution in [2.75, 3.05) is 33.3 Å². The Morgan fingerprint density at radius 1 is 0.812 bits per heavy atom. The zero-order chi connectivity index (χ0) is 22.8. The number of benzene rings is 1. The summed E-state index contributed by atoms with van der Waals surface area (Å²) in [5, 5.41) is 14.8. The maximum atomic E-state index is 12.8. The van der Waals surface area contributed by atoms with E-state index in [0.717, 1.165) is 67.2 Å². The second-order valence-corrected chi connectivity index (χ2v) is 9.59. The number of carbonyl (C=O) groups is 3. The number of aliphatic carboxylic acids is 2. The fraction of sp³-hybridized carbons (Fsp3) is 0.625. The predicted molar refractivity (Wildman–Crippen MR) is 117 cm³/mol. The average Bonchev–Trinajstić information content (AvgIpc) is 2.79. The van der Waals surface area contributed by atoms with E-state index in [4.69, 9.17) is 24.5 Å². The molecule has 1 heterocycles. The Labute approximate surface area is 188 Å². The molecule has 1 aliphatic heterocycles. The predicted octanol–water partition coefficient (Wildman–Crippen LogP) is 2.43. The first kappa shape index (κ1) is 22.6. The van der Waals surface area contributed by atoms with Crippen LogP contribution in [0.15, 0.2) is 24.3 Å². The molecule has 1 aromatic rings. The first-order chi connectivity index (χ1) is 15.4. The summed E-state index contributed by atoms with van der Waals surface area (Å²) in [5.41, 5.74) is 0.772. The summed E-state index contributed by atoms with van der Waals surface area (Å²) < 4.78 is 5.19. The van der Waals surface area contributed by atoms with Gasteiger partial charge in [-0.2, -0.15) is 0 Å². The molecule has 6 rings (SSSR count). The average molecular weight is 445 g/mol. The summed E-state index contributed by atoms with van der Waals surface area (Å²) in [5.74, 6) is 1.26. The van der Waals surface area contributed by atoms with E-state index in [0.29, 0.717) is 0 Å². The van der Waals surface area contributed by atoms with E-state index in [-0.39, 0.29) is 5.91 Å². The maximum Gasteiger partial charge on any atom is 0.414 e. The quantitative estimate of drug-likeness (QED) is 0.690. The highest BCUT2D eigenvalue weighted by Gasteiger charge is 2.50. The van der Waals surface area contributed by atoms with Crippen molar-refractivity contribution in [3.8, 4) is 5.75 Å². The van der Waals surface area contributed by atoms with Gasteiger partial charge in [0, 0.05) is 37.8 Å². The number of hydrogen-bond acceptors (Lipinski definition) is 5. The van der Waals surface area contributed by atoms with Gasteiger partial charge < -0.3 is 19.8 Å². The van der Waals surface area contributed by atoms with Crippen LogP contribution in [-0.2, 0) is 9.59 Å². The lowest BCUT2D eigenvalue weighted by Gasteiger charge is -2.58. The molecule has 1 amide bonds. The number of rotatable bonds is 3. The number of carboxylic acids is 2. The minimum absolute atomic E-state index is 0.164. The molecule has 0 atom stereocenters. The Hall–Kier alpha value is -2.61. The Morgan fingerprint density at radius 2 is 1.31 bits per heavy atom. The highest BCUT2D eigenvalue weighted by atomic mass is 16.5. The van der Waals surface area contributed by atoms with Crippen molar-refractivity contribution >= 4 is 17.8 Å². The lowest BCUT2D eigenvalue weighted by molar-refractivity contribution is -0.159. The molecule has 5 fully saturated rings. The number of carbonyl (C=O) groups excluding carboxylic acids is 1. The minimum atomic E-state index is -1.82. The molecule has 8 nitrogen and oxygen atoms in total. The Kier molecular flexibility index (Phi) is 6.69. The number of ether oxygens (including phenoxy) is 1. The third-order valence-corrected chi connectivity index (χ3v) is 7.72. The van der Waals surface area contributed by atoms with Gasteiger partial charge in [-0.05, 0) is 80.0 Å². The molecule has 0 spiro atoms. The Balaban J connectivity index is 0.000000363. The lowest BCUT2D eigenvalue weighted by Crippen LogP contribution is -2.60. The van der Waals surface area contributed by atoms with Gasteiger partial charge in [0.1, 0.15) is 5.75 Å². The van der Waals surface area contributed by atoms with Crippen molar-refractivity contribution in [2.45, 2.75) is 38.1 Å². The van der Waals surface area contributed by atoms with Crippen LogP contribution in [0.1, 0.15) is 42.5 Å². The molecule has 5 aliphatic rings. The monoisotopic (exact) mass is 444 g/mol. The lowest BCUT2D eigenvalue weighted by atomic mass is 9.54. The van der Waals surface area contributed by atoms with Crippen LogP contribution in [0.25, 0.3) is 0 Å². The molecule has 174 valence electrons. The van der Waals surface area contributed by atoms with Gasteiger partial charge in [0.2, 0.25) is 0 Å². The van der Waals surface area contributed by atoms with Crippen LogP contribution in [0.2, 0.25) is 0 Å². The summed E-state index contributed by atoms with van der Waals surface area (Å²) in [7, 11) is 1.65. The third kappa shape index (κ3) is 4.75. The number of methoxy groups -OCH3 is 1. The van der Waals surface area contributed by atoms with Crippen molar-refractivity contribution in [3.63, 3.8) is 0 Å². The summed E-state index contributed by atoms with van der Waals surface area (Å²) in [6, 6.07) is 8.31. The SMILES string of the molecule is COc1ccc(C(=O)N2CCN(C3C4CC5CC(C4)CC3C5)CC2)cc1.O=C(O)C(=O)O. The highest BCUT2D eigenvalue weighted by molar-refractivity contribution is 6.27. The van der Waals surface area contributed by atoms with E-state index >= 15 is 0 Å². The van der Waals surface area contributed by atoms with Gasteiger partial charge in [-0.3, -0.25) is 9.69 Å². The van der Waals surface area contributed by atoms with Gasteiger partial charge in [-0.25, -0.2) is 9.59 Å². The number of nitrogens with zero attached hydrogens (tertiary/aromatic N) is 2. The molecule has 1 aromatic carbocycles. The van der Waals surface area contributed by atoms with Crippen molar-refractivity contribution in [1.29, 1.82) is 0 Å². The normalized spacial score (nSPS) is 30.9. The number of piperazine rings is 1. The molecule has 0 aromatic heterocycles. The molecular weight excluding hydrogens is 412 g/mol. The van der Waals surface area contributed by atoms with E-state index in [1.807, 2.05) is 29.2 Å². The number of amides is 1. The van der Waals surface area contributed by atoms with Crippen LogP contribution in [0, 0.1) is 23.7 Å². The molecule has 2 N–H and O–H groups in total.